The molecule has 0 atom stereocenters. The van der Waals surface area contributed by atoms with Gasteiger partial charge in [-0.05, 0) is 42.4 Å². The third-order valence-electron chi connectivity index (χ3n) is 5.52. The number of esters is 1. The summed E-state index contributed by atoms with van der Waals surface area (Å²) in [4.78, 5) is 30.5. The molecule has 0 saturated carbocycles. The van der Waals surface area contributed by atoms with Crippen molar-refractivity contribution in [2.75, 3.05) is 24.2 Å². The minimum absolute atomic E-state index is 0.197. The lowest BCUT2D eigenvalue weighted by Crippen LogP contribution is -2.29. The normalized spacial score (nSPS) is 13.4. The van der Waals surface area contributed by atoms with Crippen LogP contribution >= 0.6 is 23.1 Å². The van der Waals surface area contributed by atoms with Gasteiger partial charge in [0.15, 0.2) is 0 Å². The van der Waals surface area contributed by atoms with E-state index in [-0.39, 0.29) is 11.9 Å². The van der Waals surface area contributed by atoms with Gasteiger partial charge in [0.25, 0.3) is 5.91 Å². The Morgan fingerprint density at radius 1 is 1.09 bits per heavy atom. The highest BCUT2D eigenvalue weighted by Crippen LogP contribution is 2.38. The van der Waals surface area contributed by atoms with Crippen LogP contribution in [0.2, 0.25) is 0 Å². The zero-order chi connectivity index (χ0) is 23.2. The van der Waals surface area contributed by atoms with Crippen molar-refractivity contribution in [3.8, 4) is 0 Å². The van der Waals surface area contributed by atoms with Crippen LogP contribution in [-0.2, 0) is 24.2 Å². The number of hydrogen-bond acceptors (Lipinski definition) is 6. The van der Waals surface area contributed by atoms with E-state index in [1.54, 1.807) is 18.7 Å². The van der Waals surface area contributed by atoms with Crippen molar-refractivity contribution in [2.45, 2.75) is 38.3 Å². The number of carbonyl (C=O) groups excluding carboxylic acids is 2. The Morgan fingerprint density at radius 3 is 2.61 bits per heavy atom. The molecule has 172 valence electrons. The summed E-state index contributed by atoms with van der Waals surface area (Å²) in [5.74, 6) is 0.318. The fourth-order valence-electron chi connectivity index (χ4n) is 4.05. The fraction of sp³-hybridized carbons (Fsp3) is 0.308. The summed E-state index contributed by atoms with van der Waals surface area (Å²) in [5, 5.41) is 3.62. The number of thiophene rings is 1. The maximum absolute atomic E-state index is 13.2. The Labute approximate surface area is 203 Å². The smallest absolute Gasteiger partial charge is 0.341 e. The summed E-state index contributed by atoms with van der Waals surface area (Å²) in [5.41, 5.74) is 3.41. The molecular formula is C26H28N2O3S2. The van der Waals surface area contributed by atoms with E-state index in [1.807, 2.05) is 30.3 Å². The molecule has 0 aliphatic carbocycles. The Kier molecular flexibility index (Phi) is 7.85. The summed E-state index contributed by atoms with van der Waals surface area (Å²) in [6.45, 7) is 6.62. The van der Waals surface area contributed by atoms with Crippen molar-refractivity contribution < 1.29 is 14.3 Å². The fourth-order valence-corrected chi connectivity index (χ4v) is 6.12. The lowest BCUT2D eigenvalue weighted by Gasteiger charge is -2.27. The van der Waals surface area contributed by atoms with Gasteiger partial charge < -0.3 is 10.1 Å². The van der Waals surface area contributed by atoms with E-state index < -0.39 is 0 Å². The van der Waals surface area contributed by atoms with Crippen LogP contribution in [0.15, 0.2) is 59.5 Å². The van der Waals surface area contributed by atoms with Gasteiger partial charge in [-0.15, -0.1) is 23.1 Å². The molecule has 1 N–H and O–H groups in total. The number of carbonyl (C=O) groups is 2. The van der Waals surface area contributed by atoms with Gasteiger partial charge in [-0.1, -0.05) is 49.4 Å². The second kappa shape index (κ2) is 11.0. The van der Waals surface area contributed by atoms with Crippen LogP contribution in [0.3, 0.4) is 0 Å². The summed E-state index contributed by atoms with van der Waals surface area (Å²) < 4.78 is 5.36. The number of anilines is 1. The molecule has 0 spiro atoms. The Balaban J connectivity index is 1.61. The van der Waals surface area contributed by atoms with E-state index >= 15 is 0 Å². The highest BCUT2D eigenvalue weighted by Gasteiger charge is 2.30. The lowest BCUT2D eigenvalue weighted by molar-refractivity contribution is 0.0526. The topological polar surface area (TPSA) is 58.6 Å². The van der Waals surface area contributed by atoms with Crippen LogP contribution in [0.5, 0.6) is 0 Å². The third kappa shape index (κ3) is 5.49. The molecule has 1 aliphatic heterocycles. The van der Waals surface area contributed by atoms with Crippen molar-refractivity contribution in [3.05, 3.63) is 81.7 Å². The van der Waals surface area contributed by atoms with Gasteiger partial charge in [-0.3, -0.25) is 9.69 Å². The van der Waals surface area contributed by atoms with Crippen LogP contribution in [-0.4, -0.2) is 35.7 Å². The maximum Gasteiger partial charge on any atom is 0.341 e. The highest BCUT2D eigenvalue weighted by atomic mass is 32.2. The van der Waals surface area contributed by atoms with Crippen molar-refractivity contribution in [2.24, 2.45) is 0 Å². The van der Waals surface area contributed by atoms with E-state index in [0.29, 0.717) is 22.7 Å². The molecule has 0 radical (unpaired) electrons. The number of nitrogens with one attached hydrogen (secondary N) is 1. The second-order valence-corrected chi connectivity index (χ2v) is 10.2. The molecule has 1 aromatic heterocycles. The Hall–Kier alpha value is -2.61. The molecule has 33 heavy (non-hydrogen) atoms. The Bertz CT molecular complexity index is 1130. The molecule has 7 heteroatoms. The highest BCUT2D eigenvalue weighted by molar-refractivity contribution is 7.99. The number of amides is 1. The number of rotatable bonds is 8. The first-order valence-corrected chi connectivity index (χ1v) is 13.0. The van der Waals surface area contributed by atoms with Crippen molar-refractivity contribution in [1.82, 2.24) is 4.90 Å². The summed E-state index contributed by atoms with van der Waals surface area (Å²) in [6, 6.07) is 18.0. The molecule has 1 amide bonds. The molecule has 2 aromatic carbocycles. The van der Waals surface area contributed by atoms with Gasteiger partial charge in [-0.25, -0.2) is 4.79 Å². The van der Waals surface area contributed by atoms with E-state index in [1.165, 1.54) is 16.9 Å². The maximum atomic E-state index is 13.2. The predicted molar refractivity (Wildman–Crippen MR) is 135 cm³/mol. The van der Waals surface area contributed by atoms with Gasteiger partial charge in [0.1, 0.15) is 5.00 Å². The average Bonchev–Trinajstić information content (AvgIpc) is 3.17. The zero-order valence-electron chi connectivity index (χ0n) is 18.9. The van der Waals surface area contributed by atoms with Gasteiger partial charge >= 0.3 is 5.97 Å². The van der Waals surface area contributed by atoms with Crippen LogP contribution in [0.25, 0.3) is 0 Å². The first-order valence-electron chi connectivity index (χ1n) is 11.2. The molecule has 3 aromatic rings. The summed E-state index contributed by atoms with van der Waals surface area (Å²) in [6.07, 6.45) is 0.755. The van der Waals surface area contributed by atoms with Crippen molar-refractivity contribution in [3.63, 3.8) is 0 Å². The second-order valence-electron chi connectivity index (χ2n) is 7.76. The van der Waals surface area contributed by atoms with E-state index in [9.17, 15) is 9.59 Å². The largest absolute Gasteiger partial charge is 0.462 e. The van der Waals surface area contributed by atoms with E-state index in [0.717, 1.165) is 47.1 Å². The monoisotopic (exact) mass is 480 g/mol. The van der Waals surface area contributed by atoms with Gasteiger partial charge in [0.2, 0.25) is 0 Å². The van der Waals surface area contributed by atoms with Crippen LogP contribution in [0, 0.1) is 0 Å². The van der Waals surface area contributed by atoms with Crippen LogP contribution in [0.1, 0.15) is 50.6 Å². The van der Waals surface area contributed by atoms with Crippen LogP contribution < -0.4 is 5.32 Å². The molecule has 0 unspecified atom stereocenters. The Morgan fingerprint density at radius 2 is 1.85 bits per heavy atom. The molecular weight excluding hydrogens is 452 g/mol. The molecule has 1 aliphatic rings. The van der Waals surface area contributed by atoms with Gasteiger partial charge in [0, 0.05) is 29.4 Å². The molecule has 5 nitrogen and oxygen atoms in total. The molecule has 2 heterocycles. The number of ether oxygens (including phenoxy) is 1. The minimum Gasteiger partial charge on any atom is -0.462 e. The number of thioether (sulfide) groups is 1. The van der Waals surface area contributed by atoms with Crippen molar-refractivity contribution in [1.29, 1.82) is 0 Å². The van der Waals surface area contributed by atoms with Gasteiger partial charge in [-0.2, -0.15) is 0 Å². The zero-order valence-corrected chi connectivity index (χ0v) is 20.6. The summed E-state index contributed by atoms with van der Waals surface area (Å²) >= 11 is 3.12. The molecule has 0 fully saturated rings. The quantitative estimate of drug-likeness (QED) is 0.324. The predicted octanol–water partition coefficient (Wildman–Crippen LogP) is 5.85. The minimum atomic E-state index is -0.363. The van der Waals surface area contributed by atoms with Crippen molar-refractivity contribution >= 4 is 40.0 Å². The molecule has 4 rings (SSSR count). The number of fused-ring (bicyclic) bond motifs is 1. The van der Waals surface area contributed by atoms with E-state index in [2.05, 4.69) is 41.4 Å². The van der Waals surface area contributed by atoms with E-state index in [4.69, 9.17) is 4.74 Å². The standard InChI is InChI=1S/C26H28N2O3S2/c1-3-31-26(30)23-19-14-15-28(16-18-10-6-5-7-11-18)17-22(19)33-25(23)27-24(29)20-12-8-9-13-21(20)32-4-2/h5-13H,3-4,14-17H2,1-2H3,(H,27,29). The summed E-state index contributed by atoms with van der Waals surface area (Å²) in [7, 11) is 0. The lowest BCUT2D eigenvalue weighted by atomic mass is 10.0. The number of benzene rings is 2. The first kappa shape index (κ1) is 23.5. The van der Waals surface area contributed by atoms with Crippen LogP contribution in [0.4, 0.5) is 5.00 Å². The molecule has 0 bridgehead atoms. The third-order valence-corrected chi connectivity index (χ3v) is 7.61. The number of nitrogens with zero attached hydrogens (tertiary/aromatic N) is 1. The SMILES string of the molecule is CCOC(=O)c1c(NC(=O)c2ccccc2SCC)sc2c1CCN(Cc1ccccc1)C2. The molecule has 0 saturated heterocycles. The average molecular weight is 481 g/mol. The number of hydrogen-bond donors (Lipinski definition) is 1. The first-order chi connectivity index (χ1) is 16.1. The van der Waals surface area contributed by atoms with Gasteiger partial charge in [0.05, 0.1) is 17.7 Å².